The molecule has 4 heteroatoms. The highest BCUT2D eigenvalue weighted by molar-refractivity contribution is 6.30. The molecule has 0 fully saturated rings. The van der Waals surface area contributed by atoms with Crippen LogP contribution >= 0.6 is 11.6 Å². The Kier molecular flexibility index (Phi) is 2.99. The maximum Gasteiger partial charge on any atom is 0.0725 e. The number of hydrogen-bond acceptors (Lipinski definition) is 2. The van der Waals surface area contributed by atoms with Gasteiger partial charge in [0.15, 0.2) is 0 Å². The Bertz CT molecular complexity index is 505. The summed E-state index contributed by atoms with van der Waals surface area (Å²) in [6.07, 6.45) is 1.75. The fourth-order valence-electron chi connectivity index (χ4n) is 1.84. The van der Waals surface area contributed by atoms with Crippen molar-refractivity contribution in [1.82, 2.24) is 9.78 Å². The fraction of sp³-hybridized carbons (Fsp3) is 0.250. The summed E-state index contributed by atoms with van der Waals surface area (Å²) in [6, 6.07) is 7.52. The van der Waals surface area contributed by atoms with Crippen molar-refractivity contribution in [3.05, 3.63) is 52.3 Å². The van der Waals surface area contributed by atoms with E-state index >= 15 is 0 Å². The molecule has 0 saturated carbocycles. The van der Waals surface area contributed by atoms with Crippen molar-refractivity contribution in [2.24, 2.45) is 12.8 Å². The minimum atomic E-state index is -0.162. The van der Waals surface area contributed by atoms with E-state index in [1.807, 2.05) is 38.2 Å². The summed E-state index contributed by atoms with van der Waals surface area (Å²) in [5, 5.41) is 4.86. The van der Waals surface area contributed by atoms with Crippen LogP contribution in [0.15, 0.2) is 30.5 Å². The molecule has 1 unspecified atom stereocenters. The Balaban J connectivity index is 2.41. The molecule has 2 N–H and O–H groups in total. The van der Waals surface area contributed by atoms with Gasteiger partial charge in [0.2, 0.25) is 0 Å². The average Bonchev–Trinajstić information content (AvgIpc) is 2.63. The third kappa shape index (κ3) is 1.96. The summed E-state index contributed by atoms with van der Waals surface area (Å²) < 4.78 is 1.79. The third-order valence-electron chi connectivity index (χ3n) is 2.74. The number of rotatable bonds is 2. The molecule has 16 heavy (non-hydrogen) atoms. The Morgan fingerprint density at radius 3 is 2.69 bits per heavy atom. The van der Waals surface area contributed by atoms with E-state index in [1.54, 1.807) is 10.9 Å². The Labute approximate surface area is 99.8 Å². The molecular formula is C12H14ClN3. The molecule has 1 heterocycles. The van der Waals surface area contributed by atoms with Gasteiger partial charge in [0.25, 0.3) is 0 Å². The first-order valence-corrected chi connectivity index (χ1v) is 5.47. The summed E-state index contributed by atoms with van der Waals surface area (Å²) >= 11 is 5.92. The number of halogens is 1. The molecule has 3 nitrogen and oxygen atoms in total. The van der Waals surface area contributed by atoms with Crippen LogP contribution in [-0.4, -0.2) is 9.78 Å². The van der Waals surface area contributed by atoms with Gasteiger partial charge in [-0.1, -0.05) is 17.7 Å². The molecule has 0 aliphatic carbocycles. The molecule has 2 aromatic rings. The smallest absolute Gasteiger partial charge is 0.0725 e. The summed E-state index contributed by atoms with van der Waals surface area (Å²) in [6.45, 7) is 2.01. The number of nitrogens with two attached hydrogens (primary N) is 1. The van der Waals surface area contributed by atoms with Crippen molar-refractivity contribution in [3.8, 4) is 0 Å². The van der Waals surface area contributed by atoms with E-state index in [-0.39, 0.29) is 6.04 Å². The van der Waals surface area contributed by atoms with Gasteiger partial charge in [-0.3, -0.25) is 4.68 Å². The zero-order valence-electron chi connectivity index (χ0n) is 9.31. The van der Waals surface area contributed by atoms with E-state index < -0.39 is 0 Å². The normalized spacial score (nSPS) is 12.8. The molecule has 84 valence electrons. The van der Waals surface area contributed by atoms with Crippen molar-refractivity contribution in [2.45, 2.75) is 13.0 Å². The van der Waals surface area contributed by atoms with Crippen molar-refractivity contribution in [1.29, 1.82) is 0 Å². The lowest BCUT2D eigenvalue weighted by Gasteiger charge is -2.15. The van der Waals surface area contributed by atoms with Gasteiger partial charge in [-0.05, 0) is 36.2 Å². The second-order valence-electron chi connectivity index (χ2n) is 3.86. The highest BCUT2D eigenvalue weighted by atomic mass is 35.5. The van der Waals surface area contributed by atoms with Gasteiger partial charge < -0.3 is 5.73 Å². The maximum absolute atomic E-state index is 6.21. The molecule has 1 aromatic carbocycles. The predicted octanol–water partition coefficient (Wildman–Crippen LogP) is 2.43. The van der Waals surface area contributed by atoms with E-state index in [4.69, 9.17) is 17.3 Å². The van der Waals surface area contributed by atoms with Gasteiger partial charge in [-0.25, -0.2) is 0 Å². The molecule has 1 atom stereocenters. The van der Waals surface area contributed by atoms with E-state index in [0.29, 0.717) is 0 Å². The van der Waals surface area contributed by atoms with Gasteiger partial charge >= 0.3 is 0 Å². The summed E-state index contributed by atoms with van der Waals surface area (Å²) in [7, 11) is 1.89. The molecule has 0 amide bonds. The van der Waals surface area contributed by atoms with Crippen LogP contribution in [0.2, 0.25) is 5.02 Å². The van der Waals surface area contributed by atoms with Gasteiger partial charge in [0, 0.05) is 18.3 Å². The number of benzene rings is 1. The SMILES string of the molecule is Cc1cc(Cl)ccc1C(N)c1ccnn1C. The molecule has 0 aliphatic heterocycles. The van der Waals surface area contributed by atoms with Gasteiger partial charge in [0.1, 0.15) is 0 Å². The van der Waals surface area contributed by atoms with Gasteiger partial charge in [0.05, 0.1) is 11.7 Å². The van der Waals surface area contributed by atoms with Crippen molar-refractivity contribution in [2.75, 3.05) is 0 Å². The second kappa shape index (κ2) is 4.28. The Morgan fingerprint density at radius 1 is 1.38 bits per heavy atom. The van der Waals surface area contributed by atoms with Crippen molar-refractivity contribution >= 4 is 11.6 Å². The first kappa shape index (κ1) is 11.2. The van der Waals surface area contributed by atoms with E-state index in [2.05, 4.69) is 5.10 Å². The van der Waals surface area contributed by atoms with Crippen LogP contribution in [0.4, 0.5) is 0 Å². The largest absolute Gasteiger partial charge is 0.319 e. The quantitative estimate of drug-likeness (QED) is 0.869. The number of aromatic nitrogens is 2. The fourth-order valence-corrected chi connectivity index (χ4v) is 2.06. The van der Waals surface area contributed by atoms with Crippen molar-refractivity contribution in [3.63, 3.8) is 0 Å². The lowest BCUT2D eigenvalue weighted by molar-refractivity contribution is 0.671. The minimum absolute atomic E-state index is 0.162. The first-order valence-electron chi connectivity index (χ1n) is 5.09. The Hall–Kier alpha value is -1.32. The van der Waals surface area contributed by atoms with E-state index in [1.165, 1.54) is 0 Å². The minimum Gasteiger partial charge on any atom is -0.319 e. The predicted molar refractivity (Wildman–Crippen MR) is 65.4 cm³/mol. The molecule has 0 aliphatic rings. The Morgan fingerprint density at radius 2 is 2.12 bits per heavy atom. The van der Waals surface area contributed by atoms with Crippen LogP contribution in [0.5, 0.6) is 0 Å². The monoisotopic (exact) mass is 235 g/mol. The van der Waals surface area contributed by atoms with Crippen molar-refractivity contribution < 1.29 is 0 Å². The van der Waals surface area contributed by atoms with Crippen LogP contribution in [0.3, 0.4) is 0 Å². The van der Waals surface area contributed by atoms with E-state index in [9.17, 15) is 0 Å². The lowest BCUT2D eigenvalue weighted by atomic mass is 9.99. The molecule has 0 saturated heterocycles. The van der Waals surface area contributed by atoms with Crippen LogP contribution in [0.25, 0.3) is 0 Å². The second-order valence-corrected chi connectivity index (χ2v) is 4.29. The molecular weight excluding hydrogens is 222 g/mol. The van der Waals surface area contributed by atoms with Gasteiger partial charge in [-0.2, -0.15) is 5.10 Å². The lowest BCUT2D eigenvalue weighted by Crippen LogP contribution is -2.16. The van der Waals surface area contributed by atoms with Crippen LogP contribution in [0, 0.1) is 6.92 Å². The summed E-state index contributed by atoms with van der Waals surface area (Å²) in [5.74, 6) is 0. The zero-order valence-corrected chi connectivity index (χ0v) is 10.1. The molecule has 0 spiro atoms. The topological polar surface area (TPSA) is 43.8 Å². The van der Waals surface area contributed by atoms with Gasteiger partial charge in [-0.15, -0.1) is 0 Å². The number of aryl methyl sites for hydroxylation is 2. The number of nitrogens with zero attached hydrogens (tertiary/aromatic N) is 2. The van der Waals surface area contributed by atoms with E-state index in [0.717, 1.165) is 21.8 Å². The average molecular weight is 236 g/mol. The zero-order chi connectivity index (χ0) is 11.7. The molecule has 0 radical (unpaired) electrons. The molecule has 1 aromatic heterocycles. The highest BCUT2D eigenvalue weighted by Gasteiger charge is 2.14. The first-order chi connectivity index (χ1) is 7.59. The highest BCUT2D eigenvalue weighted by Crippen LogP contribution is 2.24. The summed E-state index contributed by atoms with van der Waals surface area (Å²) in [5.41, 5.74) is 9.37. The third-order valence-corrected chi connectivity index (χ3v) is 2.98. The van der Waals surface area contributed by atoms with Crippen LogP contribution in [0.1, 0.15) is 22.9 Å². The summed E-state index contributed by atoms with van der Waals surface area (Å²) in [4.78, 5) is 0. The standard InChI is InChI=1S/C12H14ClN3/c1-8-7-9(13)3-4-10(8)12(14)11-5-6-15-16(11)2/h3-7,12H,14H2,1-2H3. The van der Waals surface area contributed by atoms with Crippen LogP contribution in [-0.2, 0) is 7.05 Å². The van der Waals surface area contributed by atoms with Crippen LogP contribution < -0.4 is 5.73 Å². The number of hydrogen-bond donors (Lipinski definition) is 1. The molecule has 0 bridgehead atoms. The molecule has 2 rings (SSSR count). The maximum atomic E-state index is 6.21.